The Hall–Kier alpha value is -1.59. The zero-order valence-electron chi connectivity index (χ0n) is 12.6. The lowest BCUT2D eigenvalue weighted by atomic mass is 9.86. The van der Waals surface area contributed by atoms with Crippen LogP contribution in [0.1, 0.15) is 51.6 Å². The number of hydrogen-bond donors (Lipinski definition) is 1. The average Bonchev–Trinajstić information content (AvgIpc) is 2.69. The molecule has 6 heteroatoms. The first kappa shape index (κ1) is 14.8. The van der Waals surface area contributed by atoms with E-state index in [2.05, 4.69) is 24.3 Å². The van der Waals surface area contributed by atoms with Gasteiger partial charge in [0.2, 0.25) is 5.82 Å². The smallest absolute Gasteiger partial charge is 0.333 e. The van der Waals surface area contributed by atoms with Crippen molar-refractivity contribution in [2.24, 2.45) is 5.92 Å². The van der Waals surface area contributed by atoms with Crippen LogP contribution in [0.15, 0.2) is 0 Å². The van der Waals surface area contributed by atoms with E-state index < -0.39 is 0 Å². The molecule has 2 rings (SSSR count). The maximum atomic E-state index is 11.3. The van der Waals surface area contributed by atoms with Gasteiger partial charge in [-0.3, -0.25) is 10.1 Å². The minimum Gasteiger partial charge on any atom is -0.362 e. The molecular weight excluding hydrogens is 256 g/mol. The lowest BCUT2D eigenvalue weighted by Crippen LogP contribution is -2.31. The van der Waals surface area contributed by atoms with E-state index in [4.69, 9.17) is 0 Å². The van der Waals surface area contributed by atoms with Crippen molar-refractivity contribution in [1.29, 1.82) is 0 Å². The highest BCUT2D eigenvalue weighted by Gasteiger charge is 2.29. The number of aromatic nitrogens is 2. The molecule has 0 spiro atoms. The van der Waals surface area contributed by atoms with Crippen molar-refractivity contribution >= 4 is 11.5 Å². The van der Waals surface area contributed by atoms with Crippen molar-refractivity contribution in [2.75, 3.05) is 5.32 Å². The molecule has 0 aromatic carbocycles. The SMILES string of the molecule is CCCn1nc(C)c([N+](=O)[O-])c1NC1CCCCC1C. The highest BCUT2D eigenvalue weighted by atomic mass is 16.6. The Balaban J connectivity index is 2.29. The Morgan fingerprint density at radius 2 is 2.15 bits per heavy atom. The van der Waals surface area contributed by atoms with Crippen LogP contribution in [0.5, 0.6) is 0 Å². The average molecular weight is 280 g/mol. The summed E-state index contributed by atoms with van der Waals surface area (Å²) < 4.78 is 1.76. The molecule has 112 valence electrons. The molecule has 2 unspecified atom stereocenters. The molecule has 1 fully saturated rings. The third kappa shape index (κ3) is 2.94. The third-order valence-electron chi connectivity index (χ3n) is 4.15. The number of rotatable bonds is 5. The first-order valence-electron chi connectivity index (χ1n) is 7.53. The number of hydrogen-bond acceptors (Lipinski definition) is 4. The van der Waals surface area contributed by atoms with Crippen LogP contribution in [0, 0.1) is 23.0 Å². The zero-order valence-corrected chi connectivity index (χ0v) is 12.6. The molecule has 1 aliphatic rings. The number of anilines is 1. The summed E-state index contributed by atoms with van der Waals surface area (Å²) in [6.45, 7) is 6.68. The molecule has 1 aromatic heterocycles. The van der Waals surface area contributed by atoms with Crippen LogP contribution in [-0.4, -0.2) is 20.7 Å². The Labute approximate surface area is 119 Å². The van der Waals surface area contributed by atoms with E-state index in [9.17, 15) is 10.1 Å². The normalized spacial score (nSPS) is 22.8. The second-order valence-corrected chi connectivity index (χ2v) is 5.78. The molecule has 1 aliphatic carbocycles. The predicted octanol–water partition coefficient (Wildman–Crippen LogP) is 3.50. The molecule has 0 amide bonds. The van der Waals surface area contributed by atoms with Gasteiger partial charge in [-0.25, -0.2) is 4.68 Å². The molecule has 0 saturated heterocycles. The molecule has 0 aliphatic heterocycles. The standard InChI is InChI=1S/C14H24N4O2/c1-4-9-17-14(13(18(19)20)11(3)16-17)15-12-8-6-5-7-10(12)2/h10,12,15H,4-9H2,1-3H3. The number of nitrogens with one attached hydrogen (secondary N) is 1. The Bertz CT molecular complexity index is 484. The minimum atomic E-state index is -0.315. The van der Waals surface area contributed by atoms with Crippen LogP contribution in [0.25, 0.3) is 0 Å². The van der Waals surface area contributed by atoms with E-state index in [1.807, 2.05) is 0 Å². The molecule has 0 radical (unpaired) electrons. The maximum Gasteiger partial charge on any atom is 0.333 e. The summed E-state index contributed by atoms with van der Waals surface area (Å²) in [6, 6.07) is 0.314. The lowest BCUT2D eigenvalue weighted by molar-refractivity contribution is -0.384. The number of aryl methyl sites for hydroxylation is 2. The monoisotopic (exact) mass is 280 g/mol. The topological polar surface area (TPSA) is 73.0 Å². The zero-order chi connectivity index (χ0) is 14.7. The van der Waals surface area contributed by atoms with Gasteiger partial charge in [0.25, 0.3) is 0 Å². The van der Waals surface area contributed by atoms with Gasteiger partial charge >= 0.3 is 5.69 Å². The van der Waals surface area contributed by atoms with Gasteiger partial charge in [-0.2, -0.15) is 5.10 Å². The molecule has 0 bridgehead atoms. The summed E-state index contributed by atoms with van der Waals surface area (Å²) in [5, 5.41) is 19.0. The van der Waals surface area contributed by atoms with Crippen molar-refractivity contribution in [1.82, 2.24) is 9.78 Å². The second-order valence-electron chi connectivity index (χ2n) is 5.78. The minimum absolute atomic E-state index is 0.135. The van der Waals surface area contributed by atoms with Gasteiger partial charge < -0.3 is 5.32 Å². The maximum absolute atomic E-state index is 11.3. The fourth-order valence-electron chi connectivity index (χ4n) is 3.01. The van der Waals surface area contributed by atoms with Crippen molar-refractivity contribution in [3.05, 3.63) is 15.8 Å². The molecule has 1 aromatic rings. The van der Waals surface area contributed by atoms with E-state index in [1.54, 1.807) is 11.6 Å². The van der Waals surface area contributed by atoms with Crippen LogP contribution in [0.4, 0.5) is 11.5 Å². The van der Waals surface area contributed by atoms with Crippen LogP contribution in [-0.2, 0) is 6.54 Å². The summed E-state index contributed by atoms with van der Waals surface area (Å²) in [5.74, 6) is 1.14. The van der Waals surface area contributed by atoms with Crippen molar-refractivity contribution in [3.8, 4) is 0 Å². The fourth-order valence-corrected chi connectivity index (χ4v) is 3.01. The molecule has 1 N–H and O–H groups in total. The van der Waals surface area contributed by atoms with E-state index in [0.717, 1.165) is 12.8 Å². The molecule has 1 saturated carbocycles. The summed E-state index contributed by atoms with van der Waals surface area (Å²) in [4.78, 5) is 11.0. The van der Waals surface area contributed by atoms with Crippen LogP contribution in [0.3, 0.4) is 0 Å². The largest absolute Gasteiger partial charge is 0.362 e. The number of nitrogens with zero attached hydrogens (tertiary/aromatic N) is 3. The second kappa shape index (κ2) is 6.24. The van der Waals surface area contributed by atoms with Crippen LogP contribution >= 0.6 is 0 Å². The van der Waals surface area contributed by atoms with Crippen LogP contribution < -0.4 is 5.32 Å². The Kier molecular flexibility index (Phi) is 4.62. The van der Waals surface area contributed by atoms with Gasteiger partial charge in [-0.05, 0) is 32.1 Å². The third-order valence-corrected chi connectivity index (χ3v) is 4.15. The van der Waals surface area contributed by atoms with E-state index in [-0.39, 0.29) is 10.6 Å². The summed E-state index contributed by atoms with van der Waals surface area (Å²) in [5.41, 5.74) is 0.630. The predicted molar refractivity (Wildman–Crippen MR) is 79.0 cm³/mol. The summed E-state index contributed by atoms with van der Waals surface area (Å²) >= 11 is 0. The lowest BCUT2D eigenvalue weighted by Gasteiger charge is -2.30. The van der Waals surface area contributed by atoms with Crippen LogP contribution in [0.2, 0.25) is 0 Å². The number of nitro groups is 1. The Morgan fingerprint density at radius 3 is 2.75 bits per heavy atom. The first-order valence-corrected chi connectivity index (χ1v) is 7.53. The summed E-state index contributed by atoms with van der Waals surface area (Å²) in [7, 11) is 0. The summed E-state index contributed by atoms with van der Waals surface area (Å²) in [6.07, 6.45) is 5.62. The molecule has 20 heavy (non-hydrogen) atoms. The van der Waals surface area contributed by atoms with Crippen molar-refractivity contribution in [2.45, 2.75) is 65.5 Å². The highest BCUT2D eigenvalue weighted by molar-refractivity contribution is 5.60. The molecule has 2 atom stereocenters. The van der Waals surface area contributed by atoms with Crippen molar-refractivity contribution in [3.63, 3.8) is 0 Å². The Morgan fingerprint density at radius 1 is 1.45 bits per heavy atom. The fraction of sp³-hybridized carbons (Fsp3) is 0.786. The van der Waals surface area contributed by atoms with Gasteiger partial charge in [0.15, 0.2) is 0 Å². The van der Waals surface area contributed by atoms with Gasteiger partial charge in [0, 0.05) is 12.6 Å². The van der Waals surface area contributed by atoms with E-state index in [0.29, 0.717) is 30.0 Å². The van der Waals surface area contributed by atoms with E-state index >= 15 is 0 Å². The molecule has 6 nitrogen and oxygen atoms in total. The quantitative estimate of drug-likeness (QED) is 0.661. The molecular formula is C14H24N4O2. The van der Waals surface area contributed by atoms with Gasteiger partial charge in [0.05, 0.1) is 4.92 Å². The highest BCUT2D eigenvalue weighted by Crippen LogP contribution is 2.33. The van der Waals surface area contributed by atoms with E-state index in [1.165, 1.54) is 19.3 Å². The molecule has 1 heterocycles. The van der Waals surface area contributed by atoms with Gasteiger partial charge in [-0.1, -0.05) is 26.7 Å². The van der Waals surface area contributed by atoms with Gasteiger partial charge in [-0.15, -0.1) is 0 Å². The first-order chi connectivity index (χ1) is 9.54. The van der Waals surface area contributed by atoms with Crippen molar-refractivity contribution < 1.29 is 4.92 Å². The van der Waals surface area contributed by atoms with Gasteiger partial charge in [0.1, 0.15) is 5.69 Å².